The summed E-state index contributed by atoms with van der Waals surface area (Å²) in [6.07, 6.45) is 6.27. The molecular weight excluding hydrogens is 476 g/mol. The van der Waals surface area contributed by atoms with Crippen molar-refractivity contribution in [1.82, 2.24) is 8.87 Å². The average molecular weight is 509 g/mol. The predicted octanol–water partition coefficient (Wildman–Crippen LogP) is 5.19. The Morgan fingerprint density at radius 1 is 1.11 bits per heavy atom. The Labute approximate surface area is 211 Å². The average Bonchev–Trinajstić information content (AvgIpc) is 3.55. The Bertz CT molecular complexity index is 1500. The quantitative estimate of drug-likeness (QED) is 0.512. The van der Waals surface area contributed by atoms with E-state index in [-0.39, 0.29) is 11.5 Å². The van der Waals surface area contributed by atoms with Crippen molar-refractivity contribution in [3.8, 4) is 17.0 Å². The molecule has 3 aromatic rings. The van der Waals surface area contributed by atoms with Gasteiger partial charge in [-0.15, -0.1) is 0 Å². The van der Waals surface area contributed by atoms with Crippen molar-refractivity contribution in [2.75, 3.05) is 21.2 Å². The summed E-state index contributed by atoms with van der Waals surface area (Å²) in [6.45, 7) is 0.302. The normalized spacial score (nSPS) is 23.6. The standard InChI is InChI=1S/C28H32N2O5S/c1-29(2)36(33,34)28-15-23(28)22-14-19(35-3)10-12-20(22)26-25(17-7-5-4-6-8-17)21-11-9-18(27(31)32)13-24(21)30(26)16-28/h9-14,17,23H,4-8,15-16H2,1-3H3,(H,31,32). The van der Waals surface area contributed by atoms with Gasteiger partial charge in [0.15, 0.2) is 0 Å². The van der Waals surface area contributed by atoms with Gasteiger partial charge in [0.2, 0.25) is 10.0 Å². The molecule has 3 aliphatic rings. The first-order valence-electron chi connectivity index (χ1n) is 12.7. The van der Waals surface area contributed by atoms with E-state index in [1.165, 1.54) is 29.1 Å². The Morgan fingerprint density at radius 2 is 1.86 bits per heavy atom. The number of carbonyl (C=O) groups is 1. The minimum Gasteiger partial charge on any atom is -0.497 e. The molecule has 190 valence electrons. The second kappa shape index (κ2) is 8.08. The molecule has 0 bridgehead atoms. The van der Waals surface area contributed by atoms with E-state index < -0.39 is 20.7 Å². The lowest BCUT2D eigenvalue weighted by molar-refractivity contribution is 0.0697. The van der Waals surface area contributed by atoms with Crippen LogP contribution in [0.4, 0.5) is 0 Å². The zero-order chi connectivity index (χ0) is 25.4. The van der Waals surface area contributed by atoms with Crippen LogP contribution in [0.1, 0.15) is 71.8 Å². The minimum absolute atomic E-state index is 0.146. The first kappa shape index (κ1) is 23.6. The van der Waals surface area contributed by atoms with Crippen LogP contribution in [0, 0.1) is 0 Å². The van der Waals surface area contributed by atoms with Gasteiger partial charge in [0, 0.05) is 43.0 Å². The minimum atomic E-state index is -3.61. The number of carboxylic acids is 1. The first-order valence-corrected chi connectivity index (χ1v) is 14.1. The monoisotopic (exact) mass is 508 g/mol. The Hall–Kier alpha value is -2.84. The van der Waals surface area contributed by atoms with Crippen molar-refractivity contribution in [2.24, 2.45) is 0 Å². The van der Waals surface area contributed by atoms with Crippen molar-refractivity contribution in [3.05, 3.63) is 53.1 Å². The number of hydrogen-bond acceptors (Lipinski definition) is 4. The highest BCUT2D eigenvalue weighted by molar-refractivity contribution is 7.90. The van der Waals surface area contributed by atoms with Crippen molar-refractivity contribution in [2.45, 2.75) is 61.7 Å². The van der Waals surface area contributed by atoms with Gasteiger partial charge < -0.3 is 14.4 Å². The van der Waals surface area contributed by atoms with Crippen LogP contribution in [0.25, 0.3) is 22.2 Å². The van der Waals surface area contributed by atoms with E-state index in [0.29, 0.717) is 24.6 Å². The molecule has 1 aliphatic heterocycles. The summed E-state index contributed by atoms with van der Waals surface area (Å²) < 4.78 is 35.6. The topological polar surface area (TPSA) is 88.8 Å². The maximum Gasteiger partial charge on any atom is 0.335 e. The number of aromatic nitrogens is 1. The summed E-state index contributed by atoms with van der Waals surface area (Å²) in [5.74, 6) is -0.0511. The molecule has 2 saturated carbocycles. The number of methoxy groups -OCH3 is 1. The largest absolute Gasteiger partial charge is 0.497 e. The molecule has 7 nitrogen and oxygen atoms in total. The molecule has 2 aliphatic carbocycles. The third-order valence-electron chi connectivity index (χ3n) is 8.70. The van der Waals surface area contributed by atoms with Crippen LogP contribution < -0.4 is 4.74 Å². The maximum atomic E-state index is 13.8. The van der Waals surface area contributed by atoms with E-state index in [1.807, 2.05) is 18.2 Å². The van der Waals surface area contributed by atoms with Crippen LogP contribution in [0.5, 0.6) is 5.75 Å². The Balaban J connectivity index is 1.71. The van der Waals surface area contributed by atoms with Crippen LogP contribution in [-0.4, -0.2) is 54.3 Å². The molecule has 8 heteroatoms. The molecule has 0 spiro atoms. The second-order valence-electron chi connectivity index (χ2n) is 10.8. The van der Waals surface area contributed by atoms with Gasteiger partial charge in [-0.1, -0.05) is 25.3 Å². The SMILES string of the molecule is COc1ccc2c(c1)C1CC1(S(=O)(=O)N(C)C)Cn1c-2c(C2CCCCC2)c2ccc(C(=O)O)cc21. The number of aromatic carboxylic acids is 1. The van der Waals surface area contributed by atoms with Crippen LogP contribution >= 0.6 is 0 Å². The van der Waals surface area contributed by atoms with Crippen molar-refractivity contribution >= 4 is 26.9 Å². The van der Waals surface area contributed by atoms with Gasteiger partial charge in [-0.05, 0) is 66.6 Å². The number of benzene rings is 2. The fourth-order valence-corrected chi connectivity index (χ4v) is 8.68. The maximum absolute atomic E-state index is 13.8. The fourth-order valence-electron chi connectivity index (χ4n) is 6.79. The highest BCUT2D eigenvalue weighted by Gasteiger charge is 2.66. The molecule has 2 unspecified atom stereocenters. The Kier molecular flexibility index (Phi) is 5.29. The summed E-state index contributed by atoms with van der Waals surface area (Å²) in [5, 5.41) is 10.8. The Morgan fingerprint density at radius 3 is 2.53 bits per heavy atom. The zero-order valence-corrected chi connectivity index (χ0v) is 21.8. The third-order valence-corrected chi connectivity index (χ3v) is 11.3. The van der Waals surface area contributed by atoms with Gasteiger partial charge in [-0.25, -0.2) is 17.5 Å². The molecule has 1 aromatic heterocycles. The zero-order valence-electron chi connectivity index (χ0n) is 21.0. The molecule has 6 rings (SSSR count). The number of nitrogens with zero attached hydrogens (tertiary/aromatic N) is 2. The molecule has 1 N–H and O–H groups in total. The van der Waals surface area contributed by atoms with Gasteiger partial charge in [-0.2, -0.15) is 0 Å². The lowest BCUT2D eigenvalue weighted by Gasteiger charge is -2.24. The molecular formula is C28H32N2O5S. The molecule has 2 atom stereocenters. The number of fused-ring (bicyclic) bond motifs is 7. The lowest BCUT2D eigenvalue weighted by Crippen LogP contribution is -2.39. The lowest BCUT2D eigenvalue weighted by atomic mass is 9.81. The molecule has 2 fully saturated rings. The third kappa shape index (κ3) is 3.20. The van der Waals surface area contributed by atoms with Crippen LogP contribution in [0.2, 0.25) is 0 Å². The van der Waals surface area contributed by atoms with E-state index in [1.54, 1.807) is 33.3 Å². The highest BCUT2D eigenvalue weighted by Crippen LogP contribution is 2.63. The fraction of sp³-hybridized carbons (Fsp3) is 0.464. The van der Waals surface area contributed by atoms with Gasteiger partial charge in [-0.3, -0.25) is 0 Å². The predicted molar refractivity (Wildman–Crippen MR) is 139 cm³/mol. The van der Waals surface area contributed by atoms with Crippen LogP contribution in [0.15, 0.2) is 36.4 Å². The number of ether oxygens (including phenoxy) is 1. The van der Waals surface area contributed by atoms with Crippen molar-refractivity contribution < 1.29 is 23.1 Å². The molecule has 0 radical (unpaired) electrons. The van der Waals surface area contributed by atoms with Crippen LogP contribution in [0.3, 0.4) is 0 Å². The van der Waals surface area contributed by atoms with E-state index in [2.05, 4.69) is 10.6 Å². The molecule has 0 amide bonds. The molecule has 2 heterocycles. The number of carboxylic acid groups (broad SMARTS) is 1. The van der Waals surface area contributed by atoms with E-state index in [0.717, 1.165) is 40.6 Å². The van der Waals surface area contributed by atoms with Crippen LogP contribution in [-0.2, 0) is 16.6 Å². The summed E-state index contributed by atoms with van der Waals surface area (Å²) in [6, 6.07) is 11.4. The van der Waals surface area contributed by atoms with Gasteiger partial charge >= 0.3 is 5.97 Å². The number of hydrogen-bond donors (Lipinski definition) is 1. The second-order valence-corrected chi connectivity index (χ2v) is 13.3. The van der Waals surface area contributed by atoms with E-state index >= 15 is 0 Å². The highest BCUT2D eigenvalue weighted by atomic mass is 32.2. The van der Waals surface area contributed by atoms with Gasteiger partial charge in [0.25, 0.3) is 0 Å². The summed E-state index contributed by atoms with van der Waals surface area (Å²) >= 11 is 0. The first-order chi connectivity index (χ1) is 17.2. The number of rotatable bonds is 5. The molecule has 2 aromatic carbocycles. The van der Waals surface area contributed by atoms with E-state index in [4.69, 9.17) is 4.74 Å². The summed E-state index contributed by atoms with van der Waals surface area (Å²) in [7, 11) is 1.22. The van der Waals surface area contributed by atoms with Gasteiger partial charge in [0.05, 0.1) is 18.4 Å². The molecule has 0 saturated heterocycles. The molecule has 36 heavy (non-hydrogen) atoms. The van der Waals surface area contributed by atoms with Crippen molar-refractivity contribution in [1.29, 1.82) is 0 Å². The summed E-state index contributed by atoms with van der Waals surface area (Å²) in [4.78, 5) is 11.9. The van der Waals surface area contributed by atoms with Crippen molar-refractivity contribution in [3.63, 3.8) is 0 Å². The summed E-state index contributed by atoms with van der Waals surface area (Å²) in [5.41, 5.74) is 5.38. The van der Waals surface area contributed by atoms with E-state index in [9.17, 15) is 18.3 Å². The smallest absolute Gasteiger partial charge is 0.335 e. The van der Waals surface area contributed by atoms with Gasteiger partial charge in [0.1, 0.15) is 10.5 Å². The number of sulfonamides is 1.